The minimum atomic E-state index is -0.326. The highest BCUT2D eigenvalue weighted by molar-refractivity contribution is 6.00. The van der Waals surface area contributed by atoms with Crippen LogP contribution < -0.4 is 5.32 Å². The molecule has 0 spiro atoms. The standard InChI is InChI=1S/C21H26N4O3/c1-4-20(27)23-18-7-5-6-15(8-18)21(28)24-10-17(13-26)19(12-24)16-9-22-25(11-16)14(2)3/h4-9,11,14,17,19,26H,1,10,12-13H2,2-3H3,(H,23,27)/t17-,19-/m0/s1. The van der Waals surface area contributed by atoms with Crippen LogP contribution in [0.2, 0.25) is 0 Å². The highest BCUT2D eigenvalue weighted by Crippen LogP contribution is 2.33. The summed E-state index contributed by atoms with van der Waals surface area (Å²) in [6, 6.07) is 7.09. The van der Waals surface area contributed by atoms with Crippen molar-refractivity contribution < 1.29 is 14.7 Å². The molecule has 148 valence electrons. The van der Waals surface area contributed by atoms with Gasteiger partial charge >= 0.3 is 0 Å². The van der Waals surface area contributed by atoms with E-state index in [0.29, 0.717) is 24.3 Å². The molecule has 28 heavy (non-hydrogen) atoms. The highest BCUT2D eigenvalue weighted by Gasteiger charge is 2.36. The number of rotatable bonds is 6. The predicted molar refractivity (Wildman–Crippen MR) is 107 cm³/mol. The van der Waals surface area contributed by atoms with Crippen molar-refractivity contribution in [3.8, 4) is 0 Å². The number of likely N-dealkylation sites (tertiary alicyclic amines) is 1. The zero-order chi connectivity index (χ0) is 20.3. The minimum Gasteiger partial charge on any atom is -0.396 e. The summed E-state index contributed by atoms with van der Waals surface area (Å²) in [5.74, 6) is -0.428. The molecule has 1 aromatic heterocycles. The summed E-state index contributed by atoms with van der Waals surface area (Å²) < 4.78 is 1.89. The molecule has 0 unspecified atom stereocenters. The molecule has 7 nitrogen and oxygen atoms in total. The molecule has 2 amide bonds. The zero-order valence-electron chi connectivity index (χ0n) is 16.2. The Bertz CT molecular complexity index is 874. The number of hydrogen-bond donors (Lipinski definition) is 2. The van der Waals surface area contributed by atoms with Crippen LogP contribution in [0.25, 0.3) is 0 Å². The second-order valence-electron chi connectivity index (χ2n) is 7.38. The quantitative estimate of drug-likeness (QED) is 0.751. The third-order valence-corrected chi connectivity index (χ3v) is 5.10. The summed E-state index contributed by atoms with van der Waals surface area (Å²) in [4.78, 5) is 26.2. The van der Waals surface area contributed by atoms with Crippen LogP contribution in [0.15, 0.2) is 49.3 Å². The third-order valence-electron chi connectivity index (χ3n) is 5.10. The molecular weight excluding hydrogens is 356 g/mol. The first-order valence-corrected chi connectivity index (χ1v) is 9.40. The molecule has 0 saturated carbocycles. The second-order valence-corrected chi connectivity index (χ2v) is 7.38. The Morgan fingerprint density at radius 3 is 2.82 bits per heavy atom. The van der Waals surface area contributed by atoms with Gasteiger partial charge in [0.05, 0.1) is 6.20 Å². The van der Waals surface area contributed by atoms with E-state index >= 15 is 0 Å². The predicted octanol–water partition coefficient (Wildman–Crippen LogP) is 2.44. The van der Waals surface area contributed by atoms with Gasteiger partial charge in [0, 0.05) is 55.0 Å². The maximum absolute atomic E-state index is 13.0. The third kappa shape index (κ3) is 4.14. The Balaban J connectivity index is 1.76. The van der Waals surface area contributed by atoms with Crippen molar-refractivity contribution in [2.75, 3.05) is 25.0 Å². The molecule has 0 radical (unpaired) electrons. The number of nitrogens with one attached hydrogen (secondary N) is 1. The molecule has 2 N–H and O–H groups in total. The Kier molecular flexibility index (Phi) is 5.94. The van der Waals surface area contributed by atoms with Gasteiger partial charge in [-0.1, -0.05) is 12.6 Å². The zero-order valence-corrected chi connectivity index (χ0v) is 16.2. The summed E-state index contributed by atoms with van der Waals surface area (Å²) >= 11 is 0. The van der Waals surface area contributed by atoms with Gasteiger partial charge in [-0.25, -0.2) is 0 Å². The fourth-order valence-corrected chi connectivity index (χ4v) is 3.53. The number of nitrogens with zero attached hydrogens (tertiary/aromatic N) is 3. The van der Waals surface area contributed by atoms with Crippen molar-refractivity contribution in [2.24, 2.45) is 5.92 Å². The topological polar surface area (TPSA) is 87.5 Å². The molecule has 1 aliphatic rings. The van der Waals surface area contributed by atoms with E-state index in [4.69, 9.17) is 0 Å². The van der Waals surface area contributed by atoms with E-state index in [1.54, 1.807) is 29.2 Å². The Hall–Kier alpha value is -2.93. The van der Waals surface area contributed by atoms with E-state index in [1.165, 1.54) is 6.08 Å². The van der Waals surface area contributed by atoms with Gasteiger partial charge in [-0.2, -0.15) is 5.10 Å². The number of carbonyl (C=O) groups is 2. The molecule has 2 heterocycles. The number of carbonyl (C=O) groups excluding carboxylic acids is 2. The molecule has 0 aliphatic carbocycles. The number of aromatic nitrogens is 2. The van der Waals surface area contributed by atoms with Crippen LogP contribution in [0.1, 0.15) is 41.7 Å². The number of aliphatic hydroxyl groups is 1. The molecule has 1 saturated heterocycles. The lowest BCUT2D eigenvalue weighted by Crippen LogP contribution is -2.29. The van der Waals surface area contributed by atoms with Crippen LogP contribution in [-0.2, 0) is 4.79 Å². The minimum absolute atomic E-state index is 0.0107. The van der Waals surface area contributed by atoms with Gasteiger partial charge in [0.2, 0.25) is 5.91 Å². The number of anilines is 1. The average molecular weight is 382 g/mol. The fourth-order valence-electron chi connectivity index (χ4n) is 3.53. The maximum Gasteiger partial charge on any atom is 0.253 e. The van der Waals surface area contributed by atoms with Gasteiger partial charge < -0.3 is 15.3 Å². The monoisotopic (exact) mass is 382 g/mol. The summed E-state index contributed by atoms with van der Waals surface area (Å²) in [6.45, 7) is 8.56. The van der Waals surface area contributed by atoms with Gasteiger partial charge in [-0.05, 0) is 43.7 Å². The van der Waals surface area contributed by atoms with Crippen molar-refractivity contribution in [1.82, 2.24) is 14.7 Å². The van der Waals surface area contributed by atoms with E-state index in [0.717, 1.165) is 5.56 Å². The van der Waals surface area contributed by atoms with Gasteiger partial charge in [0.15, 0.2) is 0 Å². The van der Waals surface area contributed by atoms with E-state index in [9.17, 15) is 14.7 Å². The molecule has 1 fully saturated rings. The van der Waals surface area contributed by atoms with Gasteiger partial charge in [0.1, 0.15) is 0 Å². The van der Waals surface area contributed by atoms with E-state index < -0.39 is 0 Å². The van der Waals surface area contributed by atoms with Crippen molar-refractivity contribution in [2.45, 2.75) is 25.8 Å². The first-order chi connectivity index (χ1) is 13.4. The Labute approximate surface area is 164 Å². The average Bonchev–Trinajstić information content (AvgIpc) is 3.34. The van der Waals surface area contributed by atoms with Crippen LogP contribution in [-0.4, -0.2) is 51.3 Å². The van der Waals surface area contributed by atoms with Crippen molar-refractivity contribution in [1.29, 1.82) is 0 Å². The van der Waals surface area contributed by atoms with E-state index in [2.05, 4.69) is 30.8 Å². The van der Waals surface area contributed by atoms with Crippen LogP contribution in [0.5, 0.6) is 0 Å². The molecule has 2 aromatic rings. The summed E-state index contributed by atoms with van der Waals surface area (Å²) in [7, 11) is 0. The number of aliphatic hydroxyl groups excluding tert-OH is 1. The summed E-state index contributed by atoms with van der Waals surface area (Å²) in [5.41, 5.74) is 2.08. The van der Waals surface area contributed by atoms with E-state index in [-0.39, 0.29) is 36.3 Å². The molecule has 1 aliphatic heterocycles. The van der Waals surface area contributed by atoms with Crippen molar-refractivity contribution >= 4 is 17.5 Å². The van der Waals surface area contributed by atoms with Gasteiger partial charge in [0.25, 0.3) is 5.91 Å². The lowest BCUT2D eigenvalue weighted by Gasteiger charge is -2.17. The maximum atomic E-state index is 13.0. The first-order valence-electron chi connectivity index (χ1n) is 9.40. The van der Waals surface area contributed by atoms with Crippen LogP contribution in [0, 0.1) is 5.92 Å². The molecule has 3 rings (SSSR count). The van der Waals surface area contributed by atoms with Crippen LogP contribution in [0.3, 0.4) is 0 Å². The normalized spacial score (nSPS) is 19.1. The number of benzene rings is 1. The van der Waals surface area contributed by atoms with Crippen molar-refractivity contribution in [3.63, 3.8) is 0 Å². The molecule has 7 heteroatoms. The number of hydrogen-bond acceptors (Lipinski definition) is 4. The SMILES string of the molecule is C=CC(=O)Nc1cccc(C(=O)N2C[C@@H](CO)[C@H](c3cnn(C(C)C)c3)C2)c1. The van der Waals surface area contributed by atoms with E-state index in [1.807, 2.05) is 17.1 Å². The van der Waals surface area contributed by atoms with Crippen LogP contribution in [0.4, 0.5) is 5.69 Å². The first kappa shape index (κ1) is 19.8. The lowest BCUT2D eigenvalue weighted by molar-refractivity contribution is -0.111. The number of amides is 2. The smallest absolute Gasteiger partial charge is 0.253 e. The highest BCUT2D eigenvalue weighted by atomic mass is 16.3. The molecular formula is C21H26N4O3. The van der Waals surface area contributed by atoms with Gasteiger partial charge in [-0.15, -0.1) is 0 Å². The molecule has 0 bridgehead atoms. The van der Waals surface area contributed by atoms with Crippen LogP contribution >= 0.6 is 0 Å². The van der Waals surface area contributed by atoms with Gasteiger partial charge in [-0.3, -0.25) is 14.3 Å². The second kappa shape index (κ2) is 8.39. The lowest BCUT2D eigenvalue weighted by atomic mass is 9.92. The Morgan fingerprint density at radius 2 is 2.18 bits per heavy atom. The van der Waals surface area contributed by atoms with Crippen molar-refractivity contribution in [3.05, 3.63) is 60.4 Å². The molecule has 2 atom stereocenters. The summed E-state index contributed by atoms with van der Waals surface area (Å²) in [6.07, 6.45) is 5.01. The molecule has 1 aromatic carbocycles. The summed E-state index contributed by atoms with van der Waals surface area (Å²) in [5, 5.41) is 16.9. The largest absolute Gasteiger partial charge is 0.396 e. The fraction of sp³-hybridized carbons (Fsp3) is 0.381. The Morgan fingerprint density at radius 1 is 1.39 bits per heavy atom.